The third kappa shape index (κ3) is 4.95. The van der Waals surface area contributed by atoms with Crippen molar-refractivity contribution < 1.29 is 22.4 Å². The smallest absolute Gasteiger partial charge is 0.372 e. The number of anilines is 1. The van der Waals surface area contributed by atoms with E-state index in [9.17, 15) is 22.4 Å². The number of amides is 1. The van der Waals surface area contributed by atoms with Gasteiger partial charge in [0.2, 0.25) is 0 Å². The second kappa shape index (κ2) is 8.00. The Kier molecular flexibility index (Phi) is 6.01. The lowest BCUT2D eigenvalue weighted by Gasteiger charge is -2.20. The quantitative estimate of drug-likeness (QED) is 0.626. The van der Waals surface area contributed by atoms with Gasteiger partial charge in [-0.25, -0.2) is 4.39 Å². The van der Waals surface area contributed by atoms with E-state index in [0.717, 1.165) is 12.1 Å². The van der Waals surface area contributed by atoms with Crippen LogP contribution in [0.25, 0.3) is 0 Å². The maximum Gasteiger partial charge on any atom is 0.417 e. The predicted octanol–water partition coefficient (Wildman–Crippen LogP) is 4.10. The van der Waals surface area contributed by atoms with E-state index in [1.807, 2.05) is 0 Å². The number of benzene rings is 2. The second-order valence-electron chi connectivity index (χ2n) is 5.53. The highest BCUT2D eigenvalue weighted by Crippen LogP contribution is 2.31. The SMILES string of the molecule is CN(CCCNC(=O)c1ccccc1C(F)(F)F)c1ccccc1F. The van der Waals surface area contributed by atoms with Crippen LogP contribution >= 0.6 is 0 Å². The van der Waals surface area contributed by atoms with Gasteiger partial charge in [-0.2, -0.15) is 13.2 Å². The molecule has 7 heteroatoms. The topological polar surface area (TPSA) is 32.3 Å². The Morgan fingerprint density at radius 1 is 1.08 bits per heavy atom. The molecule has 0 atom stereocenters. The molecule has 2 aromatic carbocycles. The van der Waals surface area contributed by atoms with E-state index in [1.54, 1.807) is 30.1 Å². The van der Waals surface area contributed by atoms with Crippen molar-refractivity contribution in [3.8, 4) is 0 Å². The molecule has 2 rings (SSSR count). The molecule has 0 saturated carbocycles. The fourth-order valence-electron chi connectivity index (χ4n) is 2.42. The van der Waals surface area contributed by atoms with Gasteiger partial charge >= 0.3 is 6.18 Å². The number of carbonyl (C=O) groups is 1. The molecule has 134 valence electrons. The zero-order valence-electron chi connectivity index (χ0n) is 13.6. The van der Waals surface area contributed by atoms with Crippen LogP contribution in [0.4, 0.5) is 23.2 Å². The first-order valence-corrected chi connectivity index (χ1v) is 7.71. The summed E-state index contributed by atoms with van der Waals surface area (Å²) in [5.41, 5.74) is -0.940. The monoisotopic (exact) mass is 354 g/mol. The first-order chi connectivity index (χ1) is 11.8. The molecular formula is C18H18F4N2O. The largest absolute Gasteiger partial charge is 0.417 e. The minimum Gasteiger partial charge on any atom is -0.372 e. The number of alkyl halides is 3. The molecule has 25 heavy (non-hydrogen) atoms. The van der Waals surface area contributed by atoms with Crippen LogP contribution in [0.1, 0.15) is 22.3 Å². The molecule has 0 heterocycles. The van der Waals surface area contributed by atoms with Gasteiger partial charge in [-0.1, -0.05) is 24.3 Å². The minimum absolute atomic E-state index is 0.184. The van der Waals surface area contributed by atoms with Crippen molar-refractivity contribution in [3.63, 3.8) is 0 Å². The molecule has 0 saturated heterocycles. The molecule has 0 spiro atoms. The molecule has 0 fully saturated rings. The first-order valence-electron chi connectivity index (χ1n) is 7.71. The molecule has 1 N–H and O–H groups in total. The van der Waals surface area contributed by atoms with Crippen LogP contribution in [0.3, 0.4) is 0 Å². The van der Waals surface area contributed by atoms with E-state index in [4.69, 9.17) is 0 Å². The lowest BCUT2D eigenvalue weighted by molar-refractivity contribution is -0.137. The van der Waals surface area contributed by atoms with E-state index in [1.165, 1.54) is 18.2 Å². The Balaban J connectivity index is 1.89. The van der Waals surface area contributed by atoms with Crippen molar-refractivity contribution in [1.29, 1.82) is 0 Å². The Morgan fingerprint density at radius 2 is 1.72 bits per heavy atom. The summed E-state index contributed by atoms with van der Waals surface area (Å²) >= 11 is 0. The number of hydrogen-bond donors (Lipinski definition) is 1. The van der Waals surface area contributed by atoms with Crippen LogP contribution < -0.4 is 10.2 Å². The highest BCUT2D eigenvalue weighted by atomic mass is 19.4. The number of hydrogen-bond acceptors (Lipinski definition) is 2. The number of nitrogens with one attached hydrogen (secondary N) is 1. The molecule has 0 aliphatic heterocycles. The summed E-state index contributed by atoms with van der Waals surface area (Å²) in [6.07, 6.45) is -4.12. The third-order valence-electron chi connectivity index (χ3n) is 3.70. The van der Waals surface area contributed by atoms with Gasteiger partial charge in [0.1, 0.15) is 5.82 Å². The number of carbonyl (C=O) groups excluding carboxylic acids is 1. The van der Waals surface area contributed by atoms with Crippen molar-refractivity contribution in [3.05, 3.63) is 65.5 Å². The summed E-state index contributed by atoms with van der Waals surface area (Å²) in [5.74, 6) is -1.13. The van der Waals surface area contributed by atoms with Gasteiger partial charge in [-0.3, -0.25) is 4.79 Å². The summed E-state index contributed by atoms with van der Waals surface area (Å²) in [6.45, 7) is 0.631. The van der Waals surface area contributed by atoms with Crippen molar-refractivity contribution in [1.82, 2.24) is 5.32 Å². The molecular weight excluding hydrogens is 336 g/mol. The van der Waals surface area contributed by atoms with E-state index in [2.05, 4.69) is 5.32 Å². The summed E-state index contributed by atoms with van der Waals surface area (Å²) in [6, 6.07) is 10.9. The molecule has 2 aromatic rings. The third-order valence-corrected chi connectivity index (χ3v) is 3.70. The standard InChI is InChI=1S/C18H18F4N2O/c1-24(16-10-5-4-9-15(16)19)12-6-11-23-17(25)13-7-2-3-8-14(13)18(20,21)22/h2-5,7-10H,6,11-12H2,1H3,(H,23,25). The van der Waals surface area contributed by atoms with Gasteiger partial charge in [0.05, 0.1) is 16.8 Å². The molecule has 0 aliphatic carbocycles. The summed E-state index contributed by atoms with van der Waals surface area (Å²) in [5, 5.41) is 2.47. The number of nitrogens with zero attached hydrogens (tertiary/aromatic N) is 1. The first kappa shape index (κ1) is 18.8. The predicted molar refractivity (Wildman–Crippen MR) is 88.1 cm³/mol. The van der Waals surface area contributed by atoms with E-state index < -0.39 is 23.2 Å². The van der Waals surface area contributed by atoms with E-state index >= 15 is 0 Å². The van der Waals surface area contributed by atoms with Gasteiger partial charge in [0, 0.05) is 20.1 Å². The van der Waals surface area contributed by atoms with Gasteiger partial charge in [0.15, 0.2) is 0 Å². The van der Waals surface area contributed by atoms with Crippen LogP contribution in [-0.2, 0) is 6.18 Å². The van der Waals surface area contributed by atoms with Crippen LogP contribution in [0.5, 0.6) is 0 Å². The van der Waals surface area contributed by atoms with Crippen molar-refractivity contribution in [2.24, 2.45) is 0 Å². The highest BCUT2D eigenvalue weighted by Gasteiger charge is 2.34. The molecule has 1 amide bonds. The Labute approximate surface area is 143 Å². The van der Waals surface area contributed by atoms with Crippen LogP contribution in [0, 0.1) is 5.82 Å². The number of para-hydroxylation sites is 1. The summed E-state index contributed by atoms with van der Waals surface area (Å²) in [4.78, 5) is 13.7. The fraction of sp³-hybridized carbons (Fsp3) is 0.278. The maximum atomic E-state index is 13.6. The lowest BCUT2D eigenvalue weighted by atomic mass is 10.1. The molecule has 3 nitrogen and oxygen atoms in total. The van der Waals surface area contributed by atoms with Crippen LogP contribution in [0.2, 0.25) is 0 Å². The lowest BCUT2D eigenvalue weighted by Crippen LogP contribution is -2.30. The molecule has 0 aromatic heterocycles. The average Bonchev–Trinajstić information content (AvgIpc) is 2.58. The van der Waals surface area contributed by atoms with Gasteiger partial charge in [-0.15, -0.1) is 0 Å². The Bertz CT molecular complexity index is 731. The van der Waals surface area contributed by atoms with E-state index in [-0.39, 0.29) is 12.4 Å². The number of halogens is 4. The van der Waals surface area contributed by atoms with Crippen LogP contribution in [-0.4, -0.2) is 26.0 Å². The molecule has 0 aliphatic rings. The Hall–Kier alpha value is -2.57. The maximum absolute atomic E-state index is 13.6. The highest BCUT2D eigenvalue weighted by molar-refractivity contribution is 5.95. The van der Waals surface area contributed by atoms with Gasteiger partial charge < -0.3 is 10.2 Å². The fourth-order valence-corrected chi connectivity index (χ4v) is 2.42. The van der Waals surface area contributed by atoms with Crippen LogP contribution in [0.15, 0.2) is 48.5 Å². The normalized spacial score (nSPS) is 11.2. The minimum atomic E-state index is -4.58. The average molecular weight is 354 g/mol. The Morgan fingerprint density at radius 3 is 2.40 bits per heavy atom. The number of rotatable bonds is 6. The summed E-state index contributed by atoms with van der Waals surface area (Å²) in [7, 11) is 1.71. The zero-order valence-corrected chi connectivity index (χ0v) is 13.6. The van der Waals surface area contributed by atoms with Crippen molar-refractivity contribution in [2.45, 2.75) is 12.6 Å². The van der Waals surface area contributed by atoms with Gasteiger partial charge in [-0.05, 0) is 30.7 Å². The molecule has 0 radical (unpaired) electrons. The zero-order chi connectivity index (χ0) is 18.4. The van der Waals surface area contributed by atoms with Crippen molar-refractivity contribution >= 4 is 11.6 Å². The molecule has 0 bridgehead atoms. The van der Waals surface area contributed by atoms with Gasteiger partial charge in [0.25, 0.3) is 5.91 Å². The summed E-state index contributed by atoms with van der Waals surface area (Å²) < 4.78 is 52.4. The van der Waals surface area contributed by atoms with Crippen molar-refractivity contribution in [2.75, 3.05) is 25.0 Å². The van der Waals surface area contributed by atoms with E-state index in [0.29, 0.717) is 18.7 Å². The second-order valence-corrected chi connectivity index (χ2v) is 5.53. The molecule has 0 unspecified atom stereocenters.